The highest BCUT2D eigenvalue weighted by atomic mass is 16.5. The van der Waals surface area contributed by atoms with Gasteiger partial charge in [-0.3, -0.25) is 0 Å². The van der Waals surface area contributed by atoms with E-state index in [-0.39, 0.29) is 0 Å². The van der Waals surface area contributed by atoms with Gasteiger partial charge in [-0.05, 0) is 0 Å². The van der Waals surface area contributed by atoms with Crippen LogP contribution >= 0.6 is 0 Å². The number of aliphatic hydroxyl groups is 1. The van der Waals surface area contributed by atoms with E-state index in [9.17, 15) is 4.79 Å². The number of aliphatic hydroxyl groups excluding tert-OH is 1. The number of hydrogen-bond acceptors (Lipinski definition) is 4. The van der Waals surface area contributed by atoms with Crippen LogP contribution in [0.4, 0.5) is 0 Å². The van der Waals surface area contributed by atoms with Crippen LogP contribution in [0.2, 0.25) is 0 Å². The third-order valence-electron chi connectivity index (χ3n) is 0.552. The van der Waals surface area contributed by atoms with Crippen molar-refractivity contribution in [2.24, 2.45) is 5.73 Å². The molecule has 0 atom stereocenters. The molecule has 0 aliphatic carbocycles. The van der Waals surface area contributed by atoms with E-state index in [4.69, 9.17) is 10.8 Å². The molecule has 3 N–H and O–H groups in total. The first-order valence-electron chi connectivity index (χ1n) is 1.91. The number of rotatable bonds is 1. The Morgan fingerprint density at radius 1 is 1.88 bits per heavy atom. The van der Waals surface area contributed by atoms with Crippen molar-refractivity contribution in [1.29, 1.82) is 0 Å². The Balaban J connectivity index is 3.83. The van der Waals surface area contributed by atoms with Crippen molar-refractivity contribution in [2.75, 3.05) is 7.11 Å². The molecule has 0 unspecified atom stereocenters. The largest absolute Gasteiger partial charge is 0.501 e. The summed E-state index contributed by atoms with van der Waals surface area (Å²) in [5.41, 5.74) is 4.74. The first-order chi connectivity index (χ1) is 3.72. The maximum absolute atomic E-state index is 10.1. The zero-order valence-electron chi connectivity index (χ0n) is 4.42. The van der Waals surface area contributed by atoms with E-state index in [1.807, 2.05) is 0 Å². The lowest BCUT2D eigenvalue weighted by Gasteiger charge is -1.92. The summed E-state index contributed by atoms with van der Waals surface area (Å²) in [6.07, 6.45) is 0.770. The van der Waals surface area contributed by atoms with Gasteiger partial charge in [-0.1, -0.05) is 0 Å². The fourth-order valence-corrected chi connectivity index (χ4v) is 0.173. The Labute approximate surface area is 46.6 Å². The normalized spacial score (nSPS) is 10.9. The second-order valence-corrected chi connectivity index (χ2v) is 1.04. The smallest absolute Gasteiger partial charge is 0.374 e. The van der Waals surface area contributed by atoms with Crippen LogP contribution < -0.4 is 5.73 Å². The molecule has 0 amide bonds. The second-order valence-electron chi connectivity index (χ2n) is 1.04. The minimum Gasteiger partial charge on any atom is -0.501 e. The Morgan fingerprint density at radius 2 is 2.38 bits per heavy atom. The summed E-state index contributed by atoms with van der Waals surface area (Å²) in [4.78, 5) is 10.1. The van der Waals surface area contributed by atoms with Crippen LogP contribution in [0.5, 0.6) is 0 Å². The molecule has 0 fully saturated rings. The van der Waals surface area contributed by atoms with Gasteiger partial charge in [0.2, 0.25) is 5.76 Å². The standard InChI is InChI=1S/C4H7NO3/c1-8-4(7)3(6)2-5/h2,6H,5H2,1H3/b3-2-. The fourth-order valence-electron chi connectivity index (χ4n) is 0.173. The predicted molar refractivity (Wildman–Crippen MR) is 26.9 cm³/mol. The molecule has 0 radical (unpaired) electrons. The zero-order valence-corrected chi connectivity index (χ0v) is 4.42. The molecule has 0 bridgehead atoms. The van der Waals surface area contributed by atoms with Gasteiger partial charge in [0.15, 0.2) is 0 Å². The van der Waals surface area contributed by atoms with E-state index < -0.39 is 11.7 Å². The highest BCUT2D eigenvalue weighted by molar-refractivity contribution is 5.85. The van der Waals surface area contributed by atoms with Crippen molar-refractivity contribution in [2.45, 2.75) is 0 Å². The average Bonchev–Trinajstić information content (AvgIpc) is 1.84. The number of nitrogens with two attached hydrogens (primary N) is 1. The summed E-state index contributed by atoms with van der Waals surface area (Å²) in [5, 5.41) is 8.39. The van der Waals surface area contributed by atoms with Crippen molar-refractivity contribution >= 4 is 5.97 Å². The van der Waals surface area contributed by atoms with Crippen LogP contribution in [0, 0.1) is 0 Å². The lowest BCUT2D eigenvalue weighted by Crippen LogP contribution is -2.05. The number of ether oxygens (including phenoxy) is 1. The molecule has 0 saturated carbocycles. The van der Waals surface area contributed by atoms with Crippen LogP contribution in [-0.4, -0.2) is 18.2 Å². The Hall–Kier alpha value is -1.19. The summed E-state index contributed by atoms with van der Waals surface area (Å²) in [5.74, 6) is -1.40. The van der Waals surface area contributed by atoms with Gasteiger partial charge in [0.25, 0.3) is 0 Å². The zero-order chi connectivity index (χ0) is 6.57. The summed E-state index contributed by atoms with van der Waals surface area (Å²) in [6, 6.07) is 0. The predicted octanol–water partition coefficient (Wildman–Crippen LogP) is -0.482. The van der Waals surface area contributed by atoms with Crippen molar-refractivity contribution in [3.63, 3.8) is 0 Å². The topological polar surface area (TPSA) is 72.5 Å². The van der Waals surface area contributed by atoms with Gasteiger partial charge in [-0.25, -0.2) is 4.79 Å². The Morgan fingerprint density at radius 3 is 2.50 bits per heavy atom. The third kappa shape index (κ3) is 1.51. The minimum absolute atomic E-state index is 0.576. The Bertz CT molecular complexity index is 118. The quantitative estimate of drug-likeness (QED) is 0.276. The first-order valence-corrected chi connectivity index (χ1v) is 1.91. The molecular weight excluding hydrogens is 110 g/mol. The van der Waals surface area contributed by atoms with Gasteiger partial charge in [-0.2, -0.15) is 0 Å². The monoisotopic (exact) mass is 117 g/mol. The number of carbonyl (C=O) groups is 1. The molecule has 0 aliphatic heterocycles. The minimum atomic E-state index is -0.826. The second kappa shape index (κ2) is 2.90. The summed E-state index contributed by atoms with van der Waals surface area (Å²) in [7, 11) is 1.15. The van der Waals surface area contributed by atoms with Crippen molar-refractivity contribution in [3.8, 4) is 0 Å². The van der Waals surface area contributed by atoms with Gasteiger partial charge >= 0.3 is 5.97 Å². The Kier molecular flexibility index (Phi) is 2.47. The van der Waals surface area contributed by atoms with Gasteiger partial charge in [-0.15, -0.1) is 0 Å². The van der Waals surface area contributed by atoms with Crippen molar-refractivity contribution < 1.29 is 14.6 Å². The lowest BCUT2D eigenvalue weighted by molar-refractivity contribution is -0.139. The summed E-state index contributed by atoms with van der Waals surface area (Å²) >= 11 is 0. The molecule has 0 heterocycles. The lowest BCUT2D eigenvalue weighted by atomic mass is 10.5. The number of hydrogen-bond donors (Lipinski definition) is 2. The summed E-state index contributed by atoms with van der Waals surface area (Å²) < 4.78 is 4.07. The molecule has 0 saturated heterocycles. The summed E-state index contributed by atoms with van der Waals surface area (Å²) in [6.45, 7) is 0. The maximum Gasteiger partial charge on any atom is 0.374 e. The molecular formula is C4H7NO3. The van der Waals surface area contributed by atoms with Gasteiger partial charge < -0.3 is 15.6 Å². The molecule has 4 nitrogen and oxygen atoms in total. The number of esters is 1. The van der Waals surface area contributed by atoms with Gasteiger partial charge in [0.1, 0.15) is 0 Å². The first kappa shape index (κ1) is 6.81. The molecule has 4 heteroatoms. The number of carbonyl (C=O) groups excluding carboxylic acids is 1. The average molecular weight is 117 g/mol. The van der Waals surface area contributed by atoms with Crippen molar-refractivity contribution in [3.05, 3.63) is 12.0 Å². The van der Waals surface area contributed by atoms with Gasteiger partial charge in [0.05, 0.1) is 7.11 Å². The van der Waals surface area contributed by atoms with Crippen LogP contribution in [0.25, 0.3) is 0 Å². The molecule has 8 heavy (non-hydrogen) atoms. The molecule has 0 aromatic carbocycles. The molecule has 46 valence electrons. The van der Waals surface area contributed by atoms with E-state index in [1.54, 1.807) is 0 Å². The number of methoxy groups -OCH3 is 1. The van der Waals surface area contributed by atoms with Crippen LogP contribution in [0.1, 0.15) is 0 Å². The highest BCUT2D eigenvalue weighted by Crippen LogP contribution is 1.85. The van der Waals surface area contributed by atoms with E-state index in [1.165, 1.54) is 0 Å². The van der Waals surface area contributed by atoms with Crippen LogP contribution in [0.3, 0.4) is 0 Å². The third-order valence-corrected chi connectivity index (χ3v) is 0.552. The molecule has 0 aromatic rings. The van der Waals surface area contributed by atoms with E-state index >= 15 is 0 Å². The van der Waals surface area contributed by atoms with Gasteiger partial charge in [0, 0.05) is 6.20 Å². The van der Waals surface area contributed by atoms with Crippen LogP contribution in [0.15, 0.2) is 12.0 Å². The van der Waals surface area contributed by atoms with Crippen molar-refractivity contribution in [1.82, 2.24) is 0 Å². The molecule has 0 aliphatic rings. The SMILES string of the molecule is COC(=O)/C(O)=C/N. The van der Waals surface area contributed by atoms with E-state index in [0.29, 0.717) is 0 Å². The van der Waals surface area contributed by atoms with E-state index in [0.717, 1.165) is 13.3 Å². The molecule has 0 aromatic heterocycles. The molecule has 0 spiro atoms. The maximum atomic E-state index is 10.1. The highest BCUT2D eigenvalue weighted by Gasteiger charge is 2.02. The molecule has 0 rings (SSSR count). The fraction of sp³-hybridized carbons (Fsp3) is 0.250. The van der Waals surface area contributed by atoms with E-state index in [2.05, 4.69) is 4.74 Å². The van der Waals surface area contributed by atoms with Crippen LogP contribution in [-0.2, 0) is 9.53 Å².